The third kappa shape index (κ3) is 3.33. The number of aromatic nitrogens is 2. The third-order valence-corrected chi connectivity index (χ3v) is 3.88. The van der Waals surface area contributed by atoms with E-state index in [0.717, 1.165) is 11.3 Å². The molecule has 0 bridgehead atoms. The molecule has 2 amide bonds. The van der Waals surface area contributed by atoms with Gasteiger partial charge in [0.15, 0.2) is 0 Å². The molecular formula is C13H20N4O4. The summed E-state index contributed by atoms with van der Waals surface area (Å²) in [5.74, 6) is -1.03. The van der Waals surface area contributed by atoms with Gasteiger partial charge in [-0.1, -0.05) is 0 Å². The first-order chi connectivity index (χ1) is 9.94. The van der Waals surface area contributed by atoms with Crippen LogP contribution in [0.4, 0.5) is 4.79 Å². The summed E-state index contributed by atoms with van der Waals surface area (Å²) in [6.45, 7) is 2.86. The van der Waals surface area contributed by atoms with E-state index in [4.69, 9.17) is 4.74 Å². The quantitative estimate of drug-likeness (QED) is 0.734. The van der Waals surface area contributed by atoms with Crippen molar-refractivity contribution >= 4 is 12.0 Å². The van der Waals surface area contributed by atoms with Gasteiger partial charge in [0.25, 0.3) is 0 Å². The zero-order valence-corrected chi connectivity index (χ0v) is 12.2. The molecule has 0 aromatic carbocycles. The van der Waals surface area contributed by atoms with Crippen molar-refractivity contribution in [2.75, 3.05) is 13.2 Å². The third-order valence-electron chi connectivity index (χ3n) is 3.88. The number of urea groups is 1. The molecule has 2 heterocycles. The van der Waals surface area contributed by atoms with Crippen LogP contribution in [0.3, 0.4) is 0 Å². The van der Waals surface area contributed by atoms with Gasteiger partial charge in [0.05, 0.1) is 6.20 Å². The molecule has 0 atom stereocenters. The van der Waals surface area contributed by atoms with Gasteiger partial charge in [-0.25, -0.2) is 9.59 Å². The number of carbonyl (C=O) groups excluding carboxylic acids is 1. The molecule has 1 aromatic rings. The second-order valence-corrected chi connectivity index (χ2v) is 5.19. The Hall–Kier alpha value is -2.09. The zero-order valence-electron chi connectivity index (χ0n) is 12.2. The lowest BCUT2D eigenvalue weighted by molar-refractivity contribution is -0.148. The van der Waals surface area contributed by atoms with E-state index >= 15 is 0 Å². The number of carboxylic acid groups (broad SMARTS) is 1. The van der Waals surface area contributed by atoms with Gasteiger partial charge < -0.3 is 20.5 Å². The van der Waals surface area contributed by atoms with E-state index in [1.807, 2.05) is 14.0 Å². The molecule has 2 rings (SSSR count). The standard InChI is InChI=1S/C13H20N4O4/c1-9-10(8-15-17(9)2)7-14-12(20)16-13(11(18)19)3-5-21-6-4-13/h8H,3-7H2,1-2H3,(H,18,19)(H2,14,16,20). The summed E-state index contributed by atoms with van der Waals surface area (Å²) in [5.41, 5.74) is 0.602. The molecule has 0 saturated carbocycles. The van der Waals surface area contributed by atoms with Gasteiger partial charge in [-0.3, -0.25) is 4.68 Å². The first kappa shape index (κ1) is 15.3. The average molecular weight is 296 g/mol. The Labute approximate surface area is 122 Å². The monoisotopic (exact) mass is 296 g/mol. The minimum atomic E-state index is -1.24. The van der Waals surface area contributed by atoms with Gasteiger partial charge in [-0.2, -0.15) is 5.10 Å². The number of ether oxygens (including phenoxy) is 1. The van der Waals surface area contributed by atoms with Crippen molar-refractivity contribution in [1.82, 2.24) is 20.4 Å². The van der Waals surface area contributed by atoms with Crippen LogP contribution in [0.5, 0.6) is 0 Å². The predicted octanol–water partition coefficient (Wildman–Crippen LogP) is 0.162. The highest BCUT2D eigenvalue weighted by molar-refractivity contribution is 5.86. The highest BCUT2D eigenvalue weighted by Gasteiger charge is 2.41. The molecule has 3 N–H and O–H groups in total. The number of hydrogen-bond acceptors (Lipinski definition) is 4. The zero-order chi connectivity index (χ0) is 15.5. The number of carboxylic acids is 1. The molecule has 0 unspecified atom stereocenters. The fourth-order valence-electron chi connectivity index (χ4n) is 2.27. The molecule has 0 radical (unpaired) electrons. The lowest BCUT2D eigenvalue weighted by atomic mass is 9.90. The predicted molar refractivity (Wildman–Crippen MR) is 73.7 cm³/mol. The Balaban J connectivity index is 1.94. The van der Waals surface area contributed by atoms with Crippen LogP contribution in [0, 0.1) is 6.92 Å². The summed E-state index contributed by atoms with van der Waals surface area (Å²) >= 11 is 0. The van der Waals surface area contributed by atoms with Crippen LogP contribution in [0.1, 0.15) is 24.1 Å². The summed E-state index contributed by atoms with van der Waals surface area (Å²) in [6.07, 6.45) is 2.21. The van der Waals surface area contributed by atoms with Crippen molar-refractivity contribution in [3.63, 3.8) is 0 Å². The van der Waals surface area contributed by atoms with Crippen molar-refractivity contribution in [1.29, 1.82) is 0 Å². The maximum atomic E-state index is 12.0. The normalized spacial score (nSPS) is 17.2. The molecular weight excluding hydrogens is 276 g/mol. The molecule has 8 nitrogen and oxygen atoms in total. The van der Waals surface area contributed by atoms with Crippen LogP contribution in [-0.2, 0) is 23.1 Å². The number of rotatable bonds is 4. The summed E-state index contributed by atoms with van der Waals surface area (Å²) in [4.78, 5) is 23.4. The second-order valence-electron chi connectivity index (χ2n) is 5.19. The van der Waals surface area contributed by atoms with Crippen LogP contribution in [-0.4, -0.2) is 45.6 Å². The molecule has 116 valence electrons. The topological polar surface area (TPSA) is 105 Å². The summed E-state index contributed by atoms with van der Waals surface area (Å²) in [7, 11) is 1.82. The fourth-order valence-corrected chi connectivity index (χ4v) is 2.27. The van der Waals surface area contributed by atoms with Gasteiger partial charge >= 0.3 is 12.0 Å². The molecule has 0 aliphatic carbocycles. The van der Waals surface area contributed by atoms with Crippen molar-refractivity contribution in [3.05, 3.63) is 17.5 Å². The summed E-state index contributed by atoms with van der Waals surface area (Å²) in [6, 6.07) is -0.498. The first-order valence-corrected chi connectivity index (χ1v) is 6.79. The Morgan fingerprint density at radius 3 is 2.67 bits per heavy atom. The molecule has 1 aliphatic heterocycles. The Bertz CT molecular complexity index is 534. The van der Waals surface area contributed by atoms with Crippen LogP contribution in [0.15, 0.2) is 6.20 Å². The van der Waals surface area contributed by atoms with Crippen molar-refractivity contribution < 1.29 is 19.4 Å². The van der Waals surface area contributed by atoms with Crippen LogP contribution < -0.4 is 10.6 Å². The van der Waals surface area contributed by atoms with Gasteiger partial charge in [0.2, 0.25) is 0 Å². The van der Waals surface area contributed by atoms with E-state index in [1.165, 1.54) is 0 Å². The van der Waals surface area contributed by atoms with Crippen LogP contribution in [0.2, 0.25) is 0 Å². The molecule has 1 aromatic heterocycles. The Morgan fingerprint density at radius 2 is 2.14 bits per heavy atom. The smallest absolute Gasteiger partial charge is 0.329 e. The number of amides is 2. The van der Waals surface area contributed by atoms with E-state index < -0.39 is 17.5 Å². The molecule has 21 heavy (non-hydrogen) atoms. The van der Waals surface area contributed by atoms with Gasteiger partial charge in [0.1, 0.15) is 5.54 Å². The highest BCUT2D eigenvalue weighted by atomic mass is 16.5. The Kier molecular flexibility index (Phi) is 4.46. The number of hydrogen-bond donors (Lipinski definition) is 3. The SMILES string of the molecule is Cc1c(CNC(=O)NC2(C(=O)O)CCOCC2)cnn1C. The van der Waals surface area contributed by atoms with E-state index in [9.17, 15) is 14.7 Å². The van der Waals surface area contributed by atoms with Crippen molar-refractivity contribution in [2.45, 2.75) is 31.8 Å². The van der Waals surface area contributed by atoms with Crippen molar-refractivity contribution in [2.24, 2.45) is 7.05 Å². The summed E-state index contributed by atoms with van der Waals surface area (Å²) < 4.78 is 6.87. The fraction of sp³-hybridized carbons (Fsp3) is 0.615. The second kappa shape index (κ2) is 6.13. The van der Waals surface area contributed by atoms with E-state index in [2.05, 4.69) is 15.7 Å². The van der Waals surface area contributed by atoms with Gasteiger partial charge in [0, 0.05) is 50.9 Å². The number of aliphatic carboxylic acids is 1. The molecule has 1 fully saturated rings. The molecule has 1 saturated heterocycles. The first-order valence-electron chi connectivity index (χ1n) is 6.79. The minimum absolute atomic E-state index is 0.266. The molecule has 1 aliphatic rings. The minimum Gasteiger partial charge on any atom is -0.480 e. The summed E-state index contributed by atoms with van der Waals surface area (Å²) in [5, 5.41) is 18.7. The van der Waals surface area contributed by atoms with Crippen LogP contribution in [0.25, 0.3) is 0 Å². The maximum Gasteiger partial charge on any atom is 0.329 e. The van der Waals surface area contributed by atoms with Crippen LogP contribution >= 0.6 is 0 Å². The molecule has 8 heteroatoms. The lowest BCUT2D eigenvalue weighted by Gasteiger charge is -2.33. The maximum absolute atomic E-state index is 12.0. The van der Waals surface area contributed by atoms with E-state index in [1.54, 1.807) is 10.9 Å². The number of nitrogens with one attached hydrogen (secondary N) is 2. The van der Waals surface area contributed by atoms with Crippen molar-refractivity contribution in [3.8, 4) is 0 Å². The average Bonchev–Trinajstić information content (AvgIpc) is 2.77. The van der Waals surface area contributed by atoms with E-state index in [-0.39, 0.29) is 12.8 Å². The number of nitrogens with zero attached hydrogens (tertiary/aromatic N) is 2. The highest BCUT2D eigenvalue weighted by Crippen LogP contribution is 2.21. The molecule has 0 spiro atoms. The number of carbonyl (C=O) groups is 2. The number of aryl methyl sites for hydroxylation is 1. The lowest BCUT2D eigenvalue weighted by Crippen LogP contribution is -2.59. The van der Waals surface area contributed by atoms with E-state index in [0.29, 0.717) is 19.8 Å². The van der Waals surface area contributed by atoms with Gasteiger partial charge in [-0.15, -0.1) is 0 Å². The largest absolute Gasteiger partial charge is 0.480 e. The van der Waals surface area contributed by atoms with Gasteiger partial charge in [-0.05, 0) is 6.92 Å². The Morgan fingerprint density at radius 1 is 1.48 bits per heavy atom.